The zero-order valence-electron chi connectivity index (χ0n) is 8.33. The Kier molecular flexibility index (Phi) is 2.11. The van der Waals surface area contributed by atoms with Gasteiger partial charge in [0.2, 0.25) is 0 Å². The normalized spacial score (nSPS) is 44.5. The molecule has 2 unspecified atom stereocenters. The van der Waals surface area contributed by atoms with Crippen molar-refractivity contribution in [3.8, 4) is 0 Å². The molecule has 2 aliphatic rings. The highest BCUT2D eigenvalue weighted by Crippen LogP contribution is 2.50. The molecule has 0 saturated carbocycles. The summed E-state index contributed by atoms with van der Waals surface area (Å²) >= 11 is 0. The van der Waals surface area contributed by atoms with Crippen molar-refractivity contribution in [2.75, 3.05) is 27.4 Å². The third-order valence-electron chi connectivity index (χ3n) is 3.02. The Labute approximate surface area is 78.1 Å². The summed E-state index contributed by atoms with van der Waals surface area (Å²) in [5.74, 6) is -0.710. The van der Waals surface area contributed by atoms with E-state index in [9.17, 15) is 0 Å². The van der Waals surface area contributed by atoms with E-state index in [4.69, 9.17) is 18.9 Å². The maximum absolute atomic E-state index is 5.35. The van der Waals surface area contributed by atoms with Crippen LogP contribution in [0, 0.1) is 5.92 Å². The van der Waals surface area contributed by atoms with Gasteiger partial charge in [-0.1, -0.05) is 6.92 Å². The van der Waals surface area contributed by atoms with Crippen LogP contribution in [-0.2, 0) is 18.9 Å². The number of epoxide rings is 2. The number of ether oxygens (including phenoxy) is 4. The van der Waals surface area contributed by atoms with E-state index < -0.39 is 11.6 Å². The average Bonchev–Trinajstić information content (AvgIpc) is 3.00. The maximum atomic E-state index is 5.35. The first-order valence-electron chi connectivity index (χ1n) is 4.61. The zero-order valence-corrected chi connectivity index (χ0v) is 8.33. The SMILES string of the molecule is CCC(C1(OC)CO1)C1(OC)CO1. The van der Waals surface area contributed by atoms with Crippen LogP contribution in [0.2, 0.25) is 0 Å². The fourth-order valence-corrected chi connectivity index (χ4v) is 2.02. The third-order valence-corrected chi connectivity index (χ3v) is 3.02. The van der Waals surface area contributed by atoms with Crippen molar-refractivity contribution in [2.45, 2.75) is 24.9 Å². The van der Waals surface area contributed by atoms with Gasteiger partial charge in [0.05, 0.1) is 5.92 Å². The summed E-state index contributed by atoms with van der Waals surface area (Å²) in [6, 6.07) is 0. The van der Waals surface area contributed by atoms with Gasteiger partial charge in [0.25, 0.3) is 0 Å². The second-order valence-electron chi connectivity index (χ2n) is 3.57. The molecule has 0 bridgehead atoms. The smallest absolute Gasteiger partial charge is 0.200 e. The molecule has 0 radical (unpaired) electrons. The van der Waals surface area contributed by atoms with Crippen LogP contribution in [0.3, 0.4) is 0 Å². The van der Waals surface area contributed by atoms with E-state index in [0.717, 1.165) is 6.42 Å². The highest BCUT2D eigenvalue weighted by molar-refractivity contribution is 5.02. The van der Waals surface area contributed by atoms with E-state index in [-0.39, 0.29) is 5.92 Å². The quantitative estimate of drug-likeness (QED) is 0.597. The average molecular weight is 188 g/mol. The van der Waals surface area contributed by atoms with Crippen LogP contribution in [0.1, 0.15) is 13.3 Å². The highest BCUT2D eigenvalue weighted by atomic mass is 16.8. The summed E-state index contributed by atoms with van der Waals surface area (Å²) in [5.41, 5.74) is 0. The predicted molar refractivity (Wildman–Crippen MR) is 45.2 cm³/mol. The minimum absolute atomic E-state index is 0.176. The van der Waals surface area contributed by atoms with Crippen LogP contribution in [0.15, 0.2) is 0 Å². The van der Waals surface area contributed by atoms with Crippen LogP contribution < -0.4 is 0 Å². The van der Waals surface area contributed by atoms with Gasteiger partial charge in [0, 0.05) is 14.2 Å². The Hall–Kier alpha value is -0.160. The molecule has 0 spiro atoms. The molecule has 2 aliphatic heterocycles. The maximum Gasteiger partial charge on any atom is 0.200 e. The Morgan fingerprint density at radius 3 is 1.69 bits per heavy atom. The Bertz CT molecular complexity index is 176. The van der Waals surface area contributed by atoms with Crippen LogP contribution >= 0.6 is 0 Å². The third kappa shape index (κ3) is 1.29. The zero-order chi connectivity index (χ0) is 9.53. The van der Waals surface area contributed by atoms with Gasteiger partial charge in [0.15, 0.2) is 11.6 Å². The largest absolute Gasteiger partial charge is 0.351 e. The predicted octanol–water partition coefficient (Wildman–Crippen LogP) is 0.758. The number of hydrogen-bond donors (Lipinski definition) is 0. The topological polar surface area (TPSA) is 43.5 Å². The lowest BCUT2D eigenvalue weighted by atomic mass is 9.93. The second kappa shape index (κ2) is 2.92. The minimum atomic E-state index is -0.443. The molecule has 2 fully saturated rings. The lowest BCUT2D eigenvalue weighted by molar-refractivity contribution is -0.149. The van der Waals surface area contributed by atoms with Crippen LogP contribution in [0.25, 0.3) is 0 Å². The first kappa shape index (κ1) is 9.40. The molecular formula is C9H16O4. The van der Waals surface area contributed by atoms with Crippen LogP contribution in [-0.4, -0.2) is 39.0 Å². The molecule has 0 aromatic heterocycles. The number of methoxy groups -OCH3 is 2. The Morgan fingerprint density at radius 1 is 1.15 bits per heavy atom. The monoisotopic (exact) mass is 188 g/mol. The fraction of sp³-hybridized carbons (Fsp3) is 1.00. The molecule has 76 valence electrons. The van der Waals surface area contributed by atoms with Gasteiger partial charge in [-0.2, -0.15) is 0 Å². The highest BCUT2D eigenvalue weighted by Gasteiger charge is 2.66. The molecule has 0 aliphatic carbocycles. The van der Waals surface area contributed by atoms with Gasteiger partial charge in [-0.3, -0.25) is 0 Å². The van der Waals surface area contributed by atoms with Gasteiger partial charge in [-0.15, -0.1) is 0 Å². The standard InChI is InChI=1S/C9H16O4/c1-4-7(8(10-2)5-12-8)9(11-3)6-13-9/h7H,4-6H2,1-3H3. The van der Waals surface area contributed by atoms with Gasteiger partial charge in [-0.25, -0.2) is 0 Å². The lowest BCUT2D eigenvalue weighted by Gasteiger charge is -2.26. The van der Waals surface area contributed by atoms with Crippen molar-refractivity contribution >= 4 is 0 Å². The second-order valence-corrected chi connectivity index (χ2v) is 3.57. The molecule has 13 heavy (non-hydrogen) atoms. The first-order chi connectivity index (χ1) is 6.23. The molecular weight excluding hydrogens is 172 g/mol. The van der Waals surface area contributed by atoms with E-state index in [1.165, 1.54) is 0 Å². The summed E-state index contributed by atoms with van der Waals surface area (Å²) in [6.45, 7) is 3.39. The molecule has 4 nitrogen and oxygen atoms in total. The van der Waals surface area contributed by atoms with Crippen LogP contribution in [0.4, 0.5) is 0 Å². The van der Waals surface area contributed by atoms with Crippen molar-refractivity contribution in [1.82, 2.24) is 0 Å². The summed E-state index contributed by atoms with van der Waals surface area (Å²) in [7, 11) is 3.34. The van der Waals surface area contributed by atoms with E-state index in [1.54, 1.807) is 14.2 Å². The molecule has 2 atom stereocenters. The van der Waals surface area contributed by atoms with E-state index in [2.05, 4.69) is 6.92 Å². The van der Waals surface area contributed by atoms with Crippen molar-refractivity contribution in [1.29, 1.82) is 0 Å². The Balaban J connectivity index is 2.09. The van der Waals surface area contributed by atoms with Gasteiger partial charge >= 0.3 is 0 Å². The minimum Gasteiger partial charge on any atom is -0.351 e. The molecule has 0 amide bonds. The summed E-state index contributed by atoms with van der Waals surface area (Å²) in [6.07, 6.45) is 0.932. The van der Waals surface area contributed by atoms with Crippen molar-refractivity contribution in [3.05, 3.63) is 0 Å². The number of rotatable bonds is 5. The lowest BCUT2D eigenvalue weighted by Crippen LogP contribution is -2.39. The van der Waals surface area contributed by atoms with Gasteiger partial charge in [-0.05, 0) is 6.42 Å². The molecule has 0 N–H and O–H groups in total. The van der Waals surface area contributed by atoms with Gasteiger partial charge in [0.1, 0.15) is 13.2 Å². The summed E-state index contributed by atoms with van der Waals surface area (Å²) in [5, 5.41) is 0. The Morgan fingerprint density at radius 2 is 1.54 bits per heavy atom. The van der Waals surface area contributed by atoms with Crippen molar-refractivity contribution in [2.24, 2.45) is 5.92 Å². The molecule has 0 aromatic carbocycles. The van der Waals surface area contributed by atoms with Crippen molar-refractivity contribution in [3.63, 3.8) is 0 Å². The molecule has 0 aromatic rings. The molecule has 2 heterocycles. The van der Waals surface area contributed by atoms with Crippen LogP contribution in [0.5, 0.6) is 0 Å². The van der Waals surface area contributed by atoms with E-state index in [1.807, 2.05) is 0 Å². The summed E-state index contributed by atoms with van der Waals surface area (Å²) < 4.78 is 21.4. The van der Waals surface area contributed by atoms with E-state index in [0.29, 0.717) is 13.2 Å². The molecule has 4 heteroatoms. The molecule has 2 rings (SSSR count). The van der Waals surface area contributed by atoms with Gasteiger partial charge < -0.3 is 18.9 Å². The fourth-order valence-electron chi connectivity index (χ4n) is 2.02. The summed E-state index contributed by atoms with van der Waals surface area (Å²) in [4.78, 5) is 0. The number of hydrogen-bond acceptors (Lipinski definition) is 4. The molecule has 2 saturated heterocycles. The van der Waals surface area contributed by atoms with Crippen molar-refractivity contribution < 1.29 is 18.9 Å². The first-order valence-corrected chi connectivity index (χ1v) is 4.61. The van der Waals surface area contributed by atoms with E-state index >= 15 is 0 Å².